The molecule has 1 atom stereocenters. The third-order valence-corrected chi connectivity index (χ3v) is 2.44. The highest BCUT2D eigenvalue weighted by molar-refractivity contribution is 5.78. The highest BCUT2D eigenvalue weighted by Gasteiger charge is 2.23. The normalized spacial score (nSPS) is 11.7. The van der Waals surface area contributed by atoms with Gasteiger partial charge in [-0.2, -0.15) is 0 Å². The van der Waals surface area contributed by atoms with E-state index >= 15 is 0 Å². The molecule has 0 aliphatic heterocycles. The van der Waals surface area contributed by atoms with E-state index in [1.807, 2.05) is 0 Å². The minimum Gasteiger partial charge on any atom is -0.481 e. The number of unbranched alkanes of at least 4 members (excludes halogenated alkanes) is 3. The van der Waals surface area contributed by atoms with Crippen molar-refractivity contribution in [1.82, 2.24) is 0 Å². The summed E-state index contributed by atoms with van der Waals surface area (Å²) < 4.78 is 9.24. The van der Waals surface area contributed by atoms with Gasteiger partial charge in [0.2, 0.25) is 0 Å². The molecule has 0 aliphatic carbocycles. The summed E-state index contributed by atoms with van der Waals surface area (Å²) in [5.74, 6) is -3.91. The van der Waals surface area contributed by atoms with Gasteiger partial charge in [0.25, 0.3) is 0 Å². The van der Waals surface area contributed by atoms with Crippen LogP contribution in [0, 0.1) is 5.92 Å². The second-order valence-electron chi connectivity index (χ2n) is 4.18. The number of hydrogen-bond acceptors (Lipinski definition) is 6. The first-order valence-electron chi connectivity index (χ1n) is 6.32. The lowest BCUT2D eigenvalue weighted by Crippen LogP contribution is -2.25. The first-order chi connectivity index (χ1) is 9.47. The summed E-state index contributed by atoms with van der Waals surface area (Å²) in [5, 5.41) is 25.8. The second-order valence-corrected chi connectivity index (χ2v) is 4.18. The standard InChI is InChI=1S/C12H20O8/c13-5-3-1-2-4-6-19-12(18)20-8-9(11(16)17)7-10(14)15/h9,13H,1-8H2,(H,14,15)(H,16,17). The Labute approximate surface area is 116 Å². The maximum Gasteiger partial charge on any atom is 0.508 e. The summed E-state index contributed by atoms with van der Waals surface area (Å²) in [7, 11) is 0. The molecule has 0 rings (SSSR count). The molecule has 0 radical (unpaired) electrons. The fraction of sp³-hybridized carbons (Fsp3) is 0.750. The van der Waals surface area contributed by atoms with Gasteiger partial charge in [0.15, 0.2) is 0 Å². The molecule has 20 heavy (non-hydrogen) atoms. The number of carbonyl (C=O) groups is 3. The number of rotatable bonds is 11. The van der Waals surface area contributed by atoms with Crippen molar-refractivity contribution in [3.8, 4) is 0 Å². The van der Waals surface area contributed by atoms with E-state index in [2.05, 4.69) is 4.74 Å². The van der Waals surface area contributed by atoms with Gasteiger partial charge in [0.1, 0.15) is 12.5 Å². The van der Waals surface area contributed by atoms with E-state index < -0.39 is 37.0 Å². The average molecular weight is 292 g/mol. The maximum atomic E-state index is 11.1. The van der Waals surface area contributed by atoms with Crippen LogP contribution >= 0.6 is 0 Å². The molecule has 0 bridgehead atoms. The van der Waals surface area contributed by atoms with E-state index in [-0.39, 0.29) is 13.2 Å². The summed E-state index contributed by atoms with van der Waals surface area (Å²) in [6, 6.07) is 0. The summed E-state index contributed by atoms with van der Waals surface area (Å²) >= 11 is 0. The Morgan fingerprint density at radius 1 is 0.950 bits per heavy atom. The molecule has 0 saturated carbocycles. The number of aliphatic hydroxyl groups is 1. The van der Waals surface area contributed by atoms with E-state index in [1.54, 1.807) is 0 Å². The third-order valence-electron chi connectivity index (χ3n) is 2.44. The molecule has 0 aromatic heterocycles. The van der Waals surface area contributed by atoms with Crippen molar-refractivity contribution in [2.75, 3.05) is 19.8 Å². The van der Waals surface area contributed by atoms with Gasteiger partial charge in [0.05, 0.1) is 13.0 Å². The number of carboxylic acid groups (broad SMARTS) is 2. The monoisotopic (exact) mass is 292 g/mol. The molecule has 1 unspecified atom stereocenters. The van der Waals surface area contributed by atoms with Crippen molar-refractivity contribution < 1.29 is 39.2 Å². The van der Waals surface area contributed by atoms with Gasteiger partial charge in [-0.05, 0) is 19.3 Å². The Balaban J connectivity index is 3.74. The van der Waals surface area contributed by atoms with Crippen molar-refractivity contribution in [3.63, 3.8) is 0 Å². The van der Waals surface area contributed by atoms with Crippen LogP contribution in [0.4, 0.5) is 4.79 Å². The highest BCUT2D eigenvalue weighted by Crippen LogP contribution is 2.06. The first-order valence-corrected chi connectivity index (χ1v) is 6.32. The molecule has 0 fully saturated rings. The van der Waals surface area contributed by atoms with Crippen LogP contribution in [-0.2, 0) is 19.1 Å². The van der Waals surface area contributed by atoms with E-state index in [1.165, 1.54) is 0 Å². The molecule has 8 nitrogen and oxygen atoms in total. The minimum absolute atomic E-state index is 0.128. The van der Waals surface area contributed by atoms with Crippen molar-refractivity contribution in [2.24, 2.45) is 5.92 Å². The largest absolute Gasteiger partial charge is 0.508 e. The third kappa shape index (κ3) is 10.1. The molecule has 8 heteroatoms. The van der Waals surface area contributed by atoms with Gasteiger partial charge in [0, 0.05) is 6.61 Å². The van der Waals surface area contributed by atoms with Crippen LogP contribution in [0.25, 0.3) is 0 Å². The van der Waals surface area contributed by atoms with Crippen LogP contribution in [0.15, 0.2) is 0 Å². The van der Waals surface area contributed by atoms with E-state index in [9.17, 15) is 14.4 Å². The smallest absolute Gasteiger partial charge is 0.481 e. The van der Waals surface area contributed by atoms with Crippen LogP contribution in [0.1, 0.15) is 32.1 Å². The number of carbonyl (C=O) groups excluding carboxylic acids is 1. The van der Waals surface area contributed by atoms with Crippen molar-refractivity contribution in [2.45, 2.75) is 32.1 Å². The molecule has 116 valence electrons. The van der Waals surface area contributed by atoms with Crippen LogP contribution in [-0.4, -0.2) is 53.2 Å². The fourth-order valence-corrected chi connectivity index (χ4v) is 1.36. The van der Waals surface area contributed by atoms with Crippen LogP contribution in [0.3, 0.4) is 0 Å². The lowest BCUT2D eigenvalue weighted by Gasteiger charge is -2.10. The molecule has 0 amide bonds. The lowest BCUT2D eigenvalue weighted by atomic mass is 10.1. The Bertz CT molecular complexity index is 315. The number of aliphatic hydroxyl groups excluding tert-OH is 1. The molecular formula is C12H20O8. The van der Waals surface area contributed by atoms with Gasteiger partial charge in [-0.1, -0.05) is 6.42 Å². The Morgan fingerprint density at radius 3 is 2.15 bits per heavy atom. The van der Waals surface area contributed by atoms with Gasteiger partial charge in [-0.3, -0.25) is 9.59 Å². The average Bonchev–Trinajstić information content (AvgIpc) is 2.37. The maximum absolute atomic E-state index is 11.1. The Hall–Kier alpha value is -1.83. The van der Waals surface area contributed by atoms with Crippen molar-refractivity contribution in [1.29, 1.82) is 0 Å². The first kappa shape index (κ1) is 18.2. The predicted molar refractivity (Wildman–Crippen MR) is 66.2 cm³/mol. The predicted octanol–water partition coefficient (Wildman–Crippen LogP) is 0.868. The molecule has 0 heterocycles. The van der Waals surface area contributed by atoms with Gasteiger partial charge < -0.3 is 24.8 Å². The second kappa shape index (κ2) is 11.0. The Morgan fingerprint density at radius 2 is 1.60 bits per heavy atom. The number of aliphatic carboxylic acids is 2. The van der Waals surface area contributed by atoms with Gasteiger partial charge in [-0.15, -0.1) is 0 Å². The van der Waals surface area contributed by atoms with E-state index in [0.717, 1.165) is 12.8 Å². The summed E-state index contributed by atoms with van der Waals surface area (Å²) in [4.78, 5) is 32.2. The zero-order chi connectivity index (χ0) is 15.4. The van der Waals surface area contributed by atoms with Crippen LogP contribution < -0.4 is 0 Å². The summed E-state index contributed by atoms with van der Waals surface area (Å²) in [6.07, 6.45) is 1.30. The quantitative estimate of drug-likeness (QED) is 0.377. The zero-order valence-electron chi connectivity index (χ0n) is 11.1. The Kier molecular flexibility index (Phi) is 10.0. The zero-order valence-corrected chi connectivity index (χ0v) is 11.1. The number of ether oxygens (including phenoxy) is 2. The van der Waals surface area contributed by atoms with Gasteiger partial charge in [-0.25, -0.2) is 4.79 Å². The molecule has 0 saturated heterocycles. The van der Waals surface area contributed by atoms with E-state index in [0.29, 0.717) is 12.8 Å². The summed E-state index contributed by atoms with van der Waals surface area (Å²) in [6.45, 7) is -0.269. The van der Waals surface area contributed by atoms with Crippen molar-refractivity contribution >= 4 is 18.1 Å². The molecule has 0 aromatic carbocycles. The molecular weight excluding hydrogens is 272 g/mol. The number of carboxylic acids is 2. The van der Waals surface area contributed by atoms with E-state index in [4.69, 9.17) is 20.1 Å². The summed E-state index contributed by atoms with van der Waals surface area (Å²) in [5.41, 5.74) is 0. The van der Waals surface area contributed by atoms with Crippen LogP contribution in [0.2, 0.25) is 0 Å². The fourth-order valence-electron chi connectivity index (χ4n) is 1.36. The molecule has 0 aromatic rings. The molecule has 0 spiro atoms. The topological polar surface area (TPSA) is 130 Å². The molecule has 3 N–H and O–H groups in total. The van der Waals surface area contributed by atoms with Crippen LogP contribution in [0.5, 0.6) is 0 Å². The van der Waals surface area contributed by atoms with Gasteiger partial charge >= 0.3 is 18.1 Å². The SMILES string of the molecule is O=C(O)CC(COC(=O)OCCCCCCO)C(=O)O. The number of hydrogen-bond donors (Lipinski definition) is 3. The molecule has 0 aliphatic rings. The van der Waals surface area contributed by atoms with Crippen molar-refractivity contribution in [3.05, 3.63) is 0 Å². The highest BCUT2D eigenvalue weighted by atomic mass is 16.7. The lowest BCUT2D eigenvalue weighted by molar-refractivity contribution is -0.149. The minimum atomic E-state index is -1.34.